The van der Waals surface area contributed by atoms with E-state index in [1.807, 2.05) is 13.0 Å². The minimum Gasteiger partial charge on any atom is -0.480 e. The van der Waals surface area contributed by atoms with Crippen LogP contribution in [-0.4, -0.2) is 36.4 Å². The van der Waals surface area contributed by atoms with E-state index in [0.29, 0.717) is 5.69 Å². The van der Waals surface area contributed by atoms with Crippen LogP contribution in [0.3, 0.4) is 0 Å². The number of hydrogen-bond acceptors (Lipinski definition) is 4. The second-order valence-electron chi connectivity index (χ2n) is 4.65. The third-order valence-electron chi connectivity index (χ3n) is 2.89. The summed E-state index contributed by atoms with van der Waals surface area (Å²) in [6, 6.07) is 5.40. The van der Waals surface area contributed by atoms with E-state index >= 15 is 0 Å². The maximum Gasteiger partial charge on any atom is 0.321 e. The Morgan fingerprint density at radius 2 is 1.90 bits per heavy atom. The number of aryl methyl sites for hydroxylation is 2. The van der Waals surface area contributed by atoms with Crippen LogP contribution in [-0.2, 0) is 19.4 Å². The van der Waals surface area contributed by atoms with Gasteiger partial charge in [-0.05, 0) is 38.0 Å². The summed E-state index contributed by atoms with van der Waals surface area (Å²) in [7, 11) is -4.01. The lowest BCUT2D eigenvalue weighted by atomic mass is 10.1. The quantitative estimate of drug-likeness (QED) is 0.849. The van der Waals surface area contributed by atoms with Gasteiger partial charge in [-0.25, -0.2) is 8.42 Å². The third-order valence-corrected chi connectivity index (χ3v) is 4.83. The first kappa shape index (κ1) is 16.2. The molecule has 0 aliphatic heterocycles. The van der Waals surface area contributed by atoms with Gasteiger partial charge in [-0.1, -0.05) is 12.1 Å². The Balaban J connectivity index is 2.83. The van der Waals surface area contributed by atoms with E-state index in [1.54, 1.807) is 19.1 Å². The largest absolute Gasteiger partial charge is 0.480 e. The number of aliphatic carboxylic acids is 1. The average molecular weight is 299 g/mol. The molecule has 0 saturated heterocycles. The summed E-state index contributed by atoms with van der Waals surface area (Å²) in [5, 5.41) is 9.58. The molecule has 1 unspecified atom stereocenters. The van der Waals surface area contributed by atoms with E-state index in [4.69, 9.17) is 5.11 Å². The number of carbonyl (C=O) groups is 2. The second kappa shape index (κ2) is 6.04. The van der Waals surface area contributed by atoms with Crippen molar-refractivity contribution >= 4 is 27.4 Å². The molecular formula is C13H17NO5S. The fourth-order valence-corrected chi connectivity index (χ4v) is 2.51. The highest BCUT2D eigenvalue weighted by atomic mass is 32.2. The minimum atomic E-state index is -4.01. The van der Waals surface area contributed by atoms with Gasteiger partial charge in [0.05, 0.1) is 0 Å². The number of hydrogen-bond donors (Lipinski definition) is 2. The lowest BCUT2D eigenvalue weighted by Crippen LogP contribution is -2.34. The Kier molecular flexibility index (Phi) is 4.88. The number of nitrogens with one attached hydrogen (secondary N) is 1. The molecule has 20 heavy (non-hydrogen) atoms. The van der Waals surface area contributed by atoms with Crippen LogP contribution in [0.2, 0.25) is 0 Å². The number of carboxylic acid groups (broad SMARTS) is 1. The summed E-state index contributed by atoms with van der Waals surface area (Å²) in [6.07, 6.45) is 0. The fourth-order valence-electron chi connectivity index (χ4n) is 1.52. The van der Waals surface area contributed by atoms with E-state index in [1.165, 1.54) is 0 Å². The molecule has 0 fully saturated rings. The standard InChI is InChI=1S/C13H17NO5S/c1-8-4-5-9(2)11(6-8)14-12(15)7-20(18,19)10(3)13(16)17/h4-6,10H,7H2,1-3H3,(H,14,15)(H,16,17). The first-order valence-corrected chi connectivity index (χ1v) is 7.66. The molecule has 1 aromatic carbocycles. The number of carbonyl (C=O) groups excluding carboxylic acids is 1. The minimum absolute atomic E-state index is 0.521. The second-order valence-corrected chi connectivity index (χ2v) is 6.98. The van der Waals surface area contributed by atoms with Gasteiger partial charge in [0.25, 0.3) is 0 Å². The van der Waals surface area contributed by atoms with Crippen LogP contribution in [0.1, 0.15) is 18.1 Å². The molecular weight excluding hydrogens is 282 g/mol. The van der Waals surface area contributed by atoms with Crippen molar-refractivity contribution in [1.29, 1.82) is 0 Å². The Morgan fingerprint density at radius 1 is 1.30 bits per heavy atom. The summed E-state index contributed by atoms with van der Waals surface area (Å²) >= 11 is 0. The average Bonchev–Trinajstić information content (AvgIpc) is 2.32. The van der Waals surface area contributed by atoms with Crippen LogP contribution >= 0.6 is 0 Å². The fraction of sp³-hybridized carbons (Fsp3) is 0.385. The number of sulfone groups is 1. The zero-order chi connectivity index (χ0) is 15.5. The molecule has 0 saturated carbocycles. The van der Waals surface area contributed by atoms with Gasteiger partial charge in [0.2, 0.25) is 5.91 Å². The Morgan fingerprint density at radius 3 is 2.45 bits per heavy atom. The molecule has 0 bridgehead atoms. The van der Waals surface area contributed by atoms with Crippen LogP contribution < -0.4 is 5.32 Å². The summed E-state index contributed by atoms with van der Waals surface area (Å²) in [4.78, 5) is 22.4. The molecule has 1 atom stereocenters. The predicted octanol–water partition coefficient (Wildman–Crippen LogP) is 1.13. The van der Waals surface area contributed by atoms with E-state index < -0.39 is 32.7 Å². The van der Waals surface area contributed by atoms with Crippen LogP contribution in [0.4, 0.5) is 5.69 Å². The summed E-state index contributed by atoms with van der Waals surface area (Å²) in [6.45, 7) is 4.67. The van der Waals surface area contributed by atoms with Crippen molar-refractivity contribution in [2.75, 3.05) is 11.1 Å². The number of amides is 1. The molecule has 1 aromatic rings. The molecule has 0 aromatic heterocycles. The molecule has 1 amide bonds. The van der Waals surface area contributed by atoms with Gasteiger partial charge in [-0.15, -0.1) is 0 Å². The maximum absolute atomic E-state index is 11.7. The molecule has 0 spiro atoms. The van der Waals surface area contributed by atoms with Gasteiger partial charge in [0.15, 0.2) is 15.1 Å². The molecule has 2 N–H and O–H groups in total. The maximum atomic E-state index is 11.7. The lowest BCUT2D eigenvalue weighted by molar-refractivity contribution is -0.136. The van der Waals surface area contributed by atoms with Crippen molar-refractivity contribution in [2.24, 2.45) is 0 Å². The summed E-state index contributed by atoms with van der Waals surface area (Å²) in [5.41, 5.74) is 2.24. The Labute approximate surface area is 117 Å². The first-order chi connectivity index (χ1) is 9.13. The molecule has 0 aliphatic rings. The molecule has 110 valence electrons. The highest BCUT2D eigenvalue weighted by molar-refractivity contribution is 7.93. The van der Waals surface area contributed by atoms with Gasteiger partial charge < -0.3 is 10.4 Å². The van der Waals surface area contributed by atoms with Crippen molar-refractivity contribution in [2.45, 2.75) is 26.0 Å². The molecule has 7 heteroatoms. The van der Waals surface area contributed by atoms with E-state index in [0.717, 1.165) is 18.1 Å². The van der Waals surface area contributed by atoms with E-state index in [-0.39, 0.29) is 0 Å². The van der Waals surface area contributed by atoms with Gasteiger partial charge in [0.1, 0.15) is 5.75 Å². The van der Waals surface area contributed by atoms with Gasteiger partial charge >= 0.3 is 5.97 Å². The Hall–Kier alpha value is -1.89. The van der Waals surface area contributed by atoms with Gasteiger partial charge in [-0.2, -0.15) is 0 Å². The zero-order valence-electron chi connectivity index (χ0n) is 11.5. The van der Waals surface area contributed by atoms with Crippen molar-refractivity contribution in [3.8, 4) is 0 Å². The first-order valence-electron chi connectivity index (χ1n) is 5.95. The van der Waals surface area contributed by atoms with Crippen LogP contribution in [0.5, 0.6) is 0 Å². The molecule has 6 nitrogen and oxygen atoms in total. The molecule has 1 rings (SSSR count). The predicted molar refractivity (Wildman–Crippen MR) is 75.4 cm³/mol. The van der Waals surface area contributed by atoms with Crippen LogP contribution in [0, 0.1) is 13.8 Å². The molecule has 0 radical (unpaired) electrons. The number of rotatable bonds is 5. The number of anilines is 1. The van der Waals surface area contributed by atoms with Crippen LogP contribution in [0.15, 0.2) is 18.2 Å². The third kappa shape index (κ3) is 4.06. The van der Waals surface area contributed by atoms with Crippen molar-refractivity contribution in [3.05, 3.63) is 29.3 Å². The number of benzene rings is 1. The summed E-state index contributed by atoms with van der Waals surface area (Å²) < 4.78 is 23.4. The molecule has 0 aliphatic carbocycles. The van der Waals surface area contributed by atoms with Gasteiger partial charge in [-0.3, -0.25) is 9.59 Å². The highest BCUT2D eigenvalue weighted by Gasteiger charge is 2.30. The van der Waals surface area contributed by atoms with E-state index in [9.17, 15) is 18.0 Å². The summed E-state index contributed by atoms with van der Waals surface area (Å²) in [5.74, 6) is -3.07. The van der Waals surface area contributed by atoms with E-state index in [2.05, 4.69) is 5.32 Å². The lowest BCUT2D eigenvalue weighted by Gasteiger charge is -2.11. The van der Waals surface area contributed by atoms with Gasteiger partial charge in [0, 0.05) is 5.69 Å². The smallest absolute Gasteiger partial charge is 0.321 e. The van der Waals surface area contributed by atoms with Crippen molar-refractivity contribution < 1.29 is 23.1 Å². The molecule has 0 heterocycles. The SMILES string of the molecule is Cc1ccc(C)c(NC(=O)CS(=O)(=O)C(C)C(=O)O)c1. The topological polar surface area (TPSA) is 101 Å². The van der Waals surface area contributed by atoms with Crippen molar-refractivity contribution in [3.63, 3.8) is 0 Å². The number of carboxylic acids is 1. The van der Waals surface area contributed by atoms with Crippen molar-refractivity contribution in [1.82, 2.24) is 0 Å². The zero-order valence-corrected chi connectivity index (χ0v) is 12.3. The monoisotopic (exact) mass is 299 g/mol. The normalized spacial score (nSPS) is 12.8. The van der Waals surface area contributed by atoms with Crippen LogP contribution in [0.25, 0.3) is 0 Å². The Bertz CT molecular complexity index is 636. The highest BCUT2D eigenvalue weighted by Crippen LogP contribution is 2.16.